The van der Waals surface area contributed by atoms with Gasteiger partial charge in [0.2, 0.25) is 5.88 Å². The van der Waals surface area contributed by atoms with E-state index < -0.39 is 0 Å². The lowest BCUT2D eigenvalue weighted by atomic mass is 10.1. The first-order valence-corrected chi connectivity index (χ1v) is 8.34. The smallest absolute Gasteiger partial charge is 0.258 e. The number of hydrogen-bond donors (Lipinski definition) is 0. The number of pyridine rings is 1. The van der Waals surface area contributed by atoms with Gasteiger partial charge in [0, 0.05) is 36.0 Å². The second-order valence-corrected chi connectivity index (χ2v) is 6.34. The fourth-order valence-corrected chi connectivity index (χ4v) is 3.40. The Hall–Kier alpha value is -2.40. The minimum atomic E-state index is -0.0117. The van der Waals surface area contributed by atoms with Gasteiger partial charge in [0.15, 0.2) is 0 Å². The summed E-state index contributed by atoms with van der Waals surface area (Å²) in [5.41, 5.74) is 2.81. The number of carbonyl (C=O) groups excluding carboxylic acids is 1. The van der Waals surface area contributed by atoms with Crippen molar-refractivity contribution < 1.29 is 14.3 Å². The number of carbonyl (C=O) groups is 1. The summed E-state index contributed by atoms with van der Waals surface area (Å²) in [6, 6.07) is 11.7. The minimum absolute atomic E-state index is 0.0117. The number of benzene rings is 1. The molecule has 2 aliphatic heterocycles. The average molecular weight is 324 g/mol. The second kappa shape index (κ2) is 6.24. The van der Waals surface area contributed by atoms with Crippen LogP contribution in [0.25, 0.3) is 0 Å². The zero-order chi connectivity index (χ0) is 16.5. The molecule has 1 amide bonds. The monoisotopic (exact) mass is 324 g/mol. The van der Waals surface area contributed by atoms with E-state index in [1.54, 1.807) is 18.3 Å². The highest BCUT2D eigenvalue weighted by atomic mass is 16.5. The molecule has 1 saturated heterocycles. The number of para-hydroxylation sites is 1. The molecule has 4 rings (SSSR count). The van der Waals surface area contributed by atoms with Crippen LogP contribution in [0, 0.1) is 0 Å². The van der Waals surface area contributed by atoms with Crippen LogP contribution >= 0.6 is 0 Å². The van der Waals surface area contributed by atoms with E-state index in [1.807, 2.05) is 23.1 Å². The third-order valence-electron chi connectivity index (χ3n) is 4.58. The summed E-state index contributed by atoms with van der Waals surface area (Å²) < 4.78 is 11.1. The summed E-state index contributed by atoms with van der Waals surface area (Å²) in [5, 5.41) is 0. The zero-order valence-electron chi connectivity index (χ0n) is 13.6. The number of amides is 1. The topological polar surface area (TPSA) is 51.7 Å². The van der Waals surface area contributed by atoms with Gasteiger partial charge in [-0.2, -0.15) is 0 Å². The molecule has 3 heterocycles. The molecule has 0 radical (unpaired) electrons. The number of aromatic nitrogens is 1. The fourth-order valence-electron chi connectivity index (χ4n) is 3.40. The molecular formula is C19H20N2O3. The Morgan fingerprint density at radius 3 is 3.04 bits per heavy atom. The van der Waals surface area contributed by atoms with Crippen molar-refractivity contribution in [2.24, 2.45) is 0 Å². The van der Waals surface area contributed by atoms with E-state index in [0.29, 0.717) is 24.7 Å². The molecule has 1 aromatic heterocycles. The Morgan fingerprint density at radius 1 is 1.33 bits per heavy atom. The van der Waals surface area contributed by atoms with Crippen LogP contribution in [0.3, 0.4) is 0 Å². The predicted octanol–water partition coefficient (Wildman–Crippen LogP) is 2.84. The van der Waals surface area contributed by atoms with Gasteiger partial charge < -0.3 is 14.4 Å². The van der Waals surface area contributed by atoms with E-state index in [-0.39, 0.29) is 18.1 Å². The van der Waals surface area contributed by atoms with Gasteiger partial charge in [-0.05, 0) is 31.0 Å². The predicted molar refractivity (Wildman–Crippen MR) is 90.5 cm³/mol. The number of anilines is 1. The Labute approximate surface area is 141 Å². The molecule has 1 aromatic carbocycles. The third-order valence-corrected chi connectivity index (χ3v) is 4.58. The second-order valence-electron chi connectivity index (χ2n) is 6.34. The van der Waals surface area contributed by atoms with Crippen molar-refractivity contribution >= 4 is 11.6 Å². The van der Waals surface area contributed by atoms with Crippen molar-refractivity contribution in [1.82, 2.24) is 4.98 Å². The van der Waals surface area contributed by atoms with Gasteiger partial charge in [0.1, 0.15) is 6.10 Å². The molecule has 2 aromatic rings. The average Bonchev–Trinajstić information content (AvgIpc) is 3.21. The number of rotatable bonds is 3. The standard InChI is InChI=1S/C19H20N2O3/c1-13-10-14-4-2-3-5-17(14)21(13)19(22)15-6-8-20-18(11-15)24-16-7-9-23-12-16/h2-6,8,11,13,16H,7,9-10,12H2,1H3. The van der Waals surface area contributed by atoms with Gasteiger partial charge in [-0.1, -0.05) is 18.2 Å². The summed E-state index contributed by atoms with van der Waals surface area (Å²) in [5.74, 6) is 0.471. The molecule has 0 spiro atoms. The summed E-state index contributed by atoms with van der Waals surface area (Å²) in [4.78, 5) is 19.1. The van der Waals surface area contributed by atoms with Crippen molar-refractivity contribution in [1.29, 1.82) is 0 Å². The summed E-state index contributed by atoms with van der Waals surface area (Å²) >= 11 is 0. The van der Waals surface area contributed by atoms with Crippen molar-refractivity contribution in [2.75, 3.05) is 18.1 Å². The van der Waals surface area contributed by atoms with Crippen LogP contribution in [0.15, 0.2) is 42.6 Å². The van der Waals surface area contributed by atoms with E-state index in [9.17, 15) is 4.79 Å². The highest BCUT2D eigenvalue weighted by molar-refractivity contribution is 6.07. The molecule has 0 saturated carbocycles. The van der Waals surface area contributed by atoms with Crippen LogP contribution in [0.2, 0.25) is 0 Å². The van der Waals surface area contributed by atoms with Crippen molar-refractivity contribution in [2.45, 2.75) is 31.9 Å². The first kappa shape index (κ1) is 15.1. The molecule has 5 heteroatoms. The van der Waals surface area contributed by atoms with Crippen LogP contribution in [0.1, 0.15) is 29.3 Å². The SMILES string of the molecule is CC1Cc2ccccc2N1C(=O)c1ccnc(OC2CCOC2)c1. The molecule has 1 fully saturated rings. The number of nitrogens with zero attached hydrogens (tertiary/aromatic N) is 2. The number of hydrogen-bond acceptors (Lipinski definition) is 4. The van der Waals surface area contributed by atoms with Crippen molar-refractivity contribution in [3.63, 3.8) is 0 Å². The highest BCUT2D eigenvalue weighted by Crippen LogP contribution is 2.33. The van der Waals surface area contributed by atoms with Crippen LogP contribution < -0.4 is 9.64 Å². The van der Waals surface area contributed by atoms with Gasteiger partial charge in [-0.15, -0.1) is 0 Å². The Kier molecular flexibility index (Phi) is 3.94. The molecule has 2 aliphatic rings. The molecule has 0 N–H and O–H groups in total. The largest absolute Gasteiger partial charge is 0.472 e. The quantitative estimate of drug-likeness (QED) is 0.871. The van der Waals surface area contributed by atoms with E-state index in [4.69, 9.17) is 9.47 Å². The van der Waals surface area contributed by atoms with Gasteiger partial charge in [-0.25, -0.2) is 4.98 Å². The van der Waals surface area contributed by atoms with Crippen LogP contribution in [-0.4, -0.2) is 36.3 Å². The van der Waals surface area contributed by atoms with Crippen molar-refractivity contribution in [3.05, 3.63) is 53.7 Å². The summed E-state index contributed by atoms with van der Waals surface area (Å²) in [6.45, 7) is 3.37. The molecule has 0 bridgehead atoms. The van der Waals surface area contributed by atoms with E-state index in [2.05, 4.69) is 18.0 Å². The molecule has 2 unspecified atom stereocenters. The van der Waals surface area contributed by atoms with Gasteiger partial charge >= 0.3 is 0 Å². The first-order chi connectivity index (χ1) is 11.7. The number of fused-ring (bicyclic) bond motifs is 1. The molecule has 2 atom stereocenters. The molecule has 124 valence electrons. The Morgan fingerprint density at radius 2 is 2.21 bits per heavy atom. The Balaban J connectivity index is 1.58. The molecule has 0 aliphatic carbocycles. The van der Waals surface area contributed by atoms with E-state index >= 15 is 0 Å². The normalized spacial score (nSPS) is 22.5. The van der Waals surface area contributed by atoms with Gasteiger partial charge in [0.05, 0.1) is 13.2 Å². The van der Waals surface area contributed by atoms with Crippen LogP contribution in [-0.2, 0) is 11.2 Å². The fraction of sp³-hybridized carbons (Fsp3) is 0.368. The number of ether oxygens (including phenoxy) is 2. The van der Waals surface area contributed by atoms with Gasteiger partial charge in [0.25, 0.3) is 5.91 Å². The third kappa shape index (κ3) is 2.76. The maximum Gasteiger partial charge on any atom is 0.258 e. The van der Waals surface area contributed by atoms with Crippen LogP contribution in [0.4, 0.5) is 5.69 Å². The Bertz CT molecular complexity index is 756. The lowest BCUT2D eigenvalue weighted by Gasteiger charge is -2.23. The molecule has 5 nitrogen and oxygen atoms in total. The first-order valence-electron chi connectivity index (χ1n) is 8.34. The maximum atomic E-state index is 13.0. The van der Waals surface area contributed by atoms with Gasteiger partial charge in [-0.3, -0.25) is 4.79 Å². The summed E-state index contributed by atoms with van der Waals surface area (Å²) in [7, 11) is 0. The lowest BCUT2D eigenvalue weighted by Crippen LogP contribution is -2.35. The highest BCUT2D eigenvalue weighted by Gasteiger charge is 2.31. The molecule has 24 heavy (non-hydrogen) atoms. The lowest BCUT2D eigenvalue weighted by molar-refractivity contribution is 0.0980. The minimum Gasteiger partial charge on any atom is -0.472 e. The van der Waals surface area contributed by atoms with E-state index in [1.165, 1.54) is 5.56 Å². The van der Waals surface area contributed by atoms with Crippen molar-refractivity contribution in [3.8, 4) is 5.88 Å². The maximum absolute atomic E-state index is 13.0. The van der Waals surface area contributed by atoms with Crippen LogP contribution in [0.5, 0.6) is 5.88 Å². The molecular weight excluding hydrogens is 304 g/mol. The summed E-state index contributed by atoms with van der Waals surface area (Å²) in [6.07, 6.45) is 3.39. The van der Waals surface area contributed by atoms with E-state index in [0.717, 1.165) is 18.5 Å². The zero-order valence-corrected chi connectivity index (χ0v) is 13.6.